The molecule has 0 radical (unpaired) electrons. The molecule has 1 saturated heterocycles. The van der Waals surface area contributed by atoms with Crippen molar-refractivity contribution in [1.29, 1.82) is 0 Å². The minimum atomic E-state index is 0.101. The molecule has 2 rings (SSSR count). The highest BCUT2D eigenvalue weighted by Crippen LogP contribution is 2.10. The summed E-state index contributed by atoms with van der Waals surface area (Å²) in [6.45, 7) is 11.9. The highest BCUT2D eigenvalue weighted by Gasteiger charge is 2.20. The number of piperazine rings is 1. The molecule has 0 bridgehead atoms. The average molecular weight is 317 g/mol. The van der Waals surface area contributed by atoms with Gasteiger partial charge in [-0.05, 0) is 31.2 Å². The van der Waals surface area contributed by atoms with Gasteiger partial charge in [-0.1, -0.05) is 43.7 Å². The van der Waals surface area contributed by atoms with E-state index in [0.717, 1.165) is 45.7 Å². The van der Waals surface area contributed by atoms with Gasteiger partial charge in [0.15, 0.2) is 0 Å². The number of nitrogens with one attached hydrogen (secondary N) is 1. The van der Waals surface area contributed by atoms with Crippen molar-refractivity contribution in [3.8, 4) is 0 Å². The molecule has 1 heterocycles. The molecule has 0 aromatic heterocycles. The first-order valence-corrected chi connectivity index (χ1v) is 8.85. The fourth-order valence-electron chi connectivity index (χ4n) is 3.00. The van der Waals surface area contributed by atoms with Crippen molar-refractivity contribution in [3.05, 3.63) is 35.4 Å². The number of urea groups is 1. The van der Waals surface area contributed by atoms with Gasteiger partial charge in [0, 0.05) is 39.3 Å². The van der Waals surface area contributed by atoms with E-state index in [-0.39, 0.29) is 6.03 Å². The van der Waals surface area contributed by atoms with Gasteiger partial charge < -0.3 is 10.2 Å². The fraction of sp³-hybridized carbons (Fsp3) is 0.632. The summed E-state index contributed by atoms with van der Waals surface area (Å²) in [5, 5.41) is 3.05. The van der Waals surface area contributed by atoms with Gasteiger partial charge >= 0.3 is 6.03 Å². The molecule has 4 heteroatoms. The minimum Gasteiger partial charge on any atom is -0.338 e. The van der Waals surface area contributed by atoms with Gasteiger partial charge in [0.05, 0.1) is 0 Å². The molecule has 1 aliphatic rings. The lowest BCUT2D eigenvalue weighted by atomic mass is 10.1. The predicted octanol–water partition coefficient (Wildman–Crippen LogP) is 3.26. The van der Waals surface area contributed by atoms with Gasteiger partial charge in [-0.25, -0.2) is 4.79 Å². The molecule has 1 N–H and O–H groups in total. The zero-order valence-electron chi connectivity index (χ0n) is 14.8. The quantitative estimate of drug-likeness (QED) is 0.818. The summed E-state index contributed by atoms with van der Waals surface area (Å²) in [6, 6.07) is 8.77. The van der Waals surface area contributed by atoms with Crippen molar-refractivity contribution >= 4 is 6.03 Å². The summed E-state index contributed by atoms with van der Waals surface area (Å²) >= 11 is 0. The first kappa shape index (κ1) is 17.8. The minimum absolute atomic E-state index is 0.101. The number of amides is 2. The van der Waals surface area contributed by atoms with E-state index in [0.29, 0.717) is 5.92 Å². The summed E-state index contributed by atoms with van der Waals surface area (Å²) in [5.74, 6) is 0.706. The van der Waals surface area contributed by atoms with Crippen LogP contribution in [0.5, 0.6) is 0 Å². The van der Waals surface area contributed by atoms with Crippen LogP contribution in [0.25, 0.3) is 0 Å². The topological polar surface area (TPSA) is 35.6 Å². The Hall–Kier alpha value is -1.55. The molecule has 128 valence electrons. The summed E-state index contributed by atoms with van der Waals surface area (Å²) in [5.41, 5.74) is 2.67. The number of carbonyl (C=O) groups excluding carboxylic acids is 1. The number of hydrogen-bond acceptors (Lipinski definition) is 2. The molecule has 1 aromatic carbocycles. The van der Waals surface area contributed by atoms with Crippen LogP contribution in [0.15, 0.2) is 24.3 Å². The summed E-state index contributed by atoms with van der Waals surface area (Å²) in [7, 11) is 0. The standard InChI is InChI=1S/C19H31N3O/c1-16(2)6-5-9-20-19(23)22-12-10-21(11-13-22)15-18-8-4-7-17(3)14-18/h4,7-8,14,16H,5-6,9-13,15H2,1-3H3,(H,20,23). The number of benzene rings is 1. The molecule has 1 aliphatic heterocycles. The van der Waals surface area contributed by atoms with Crippen molar-refractivity contribution in [1.82, 2.24) is 15.1 Å². The Balaban J connectivity index is 1.68. The molecule has 0 saturated carbocycles. The number of nitrogens with zero attached hydrogens (tertiary/aromatic N) is 2. The third kappa shape index (κ3) is 6.22. The van der Waals surface area contributed by atoms with Gasteiger partial charge in [-0.3, -0.25) is 4.90 Å². The summed E-state index contributed by atoms with van der Waals surface area (Å²) in [6.07, 6.45) is 2.24. The van der Waals surface area contributed by atoms with Gasteiger partial charge in [0.1, 0.15) is 0 Å². The lowest BCUT2D eigenvalue weighted by Crippen LogP contribution is -2.51. The Morgan fingerprint density at radius 2 is 1.96 bits per heavy atom. The van der Waals surface area contributed by atoms with E-state index in [1.165, 1.54) is 17.5 Å². The normalized spacial score (nSPS) is 15.9. The van der Waals surface area contributed by atoms with Gasteiger partial charge in [0.2, 0.25) is 0 Å². The maximum Gasteiger partial charge on any atom is 0.317 e. The van der Waals surface area contributed by atoms with Crippen LogP contribution >= 0.6 is 0 Å². The smallest absolute Gasteiger partial charge is 0.317 e. The van der Waals surface area contributed by atoms with E-state index in [4.69, 9.17) is 0 Å². The van der Waals surface area contributed by atoms with E-state index in [9.17, 15) is 4.79 Å². The average Bonchev–Trinajstić information content (AvgIpc) is 2.52. The Morgan fingerprint density at radius 1 is 1.22 bits per heavy atom. The van der Waals surface area contributed by atoms with Crippen LogP contribution < -0.4 is 5.32 Å². The first-order valence-electron chi connectivity index (χ1n) is 8.85. The molecule has 1 aromatic rings. The highest BCUT2D eigenvalue weighted by atomic mass is 16.2. The second-order valence-electron chi connectivity index (χ2n) is 7.02. The number of aryl methyl sites for hydroxylation is 1. The van der Waals surface area contributed by atoms with Crippen LogP contribution in [0.1, 0.15) is 37.8 Å². The van der Waals surface area contributed by atoms with E-state index in [2.05, 4.69) is 55.3 Å². The van der Waals surface area contributed by atoms with E-state index in [1.807, 2.05) is 4.90 Å². The van der Waals surface area contributed by atoms with Crippen LogP contribution in [-0.4, -0.2) is 48.6 Å². The zero-order chi connectivity index (χ0) is 16.7. The van der Waals surface area contributed by atoms with Crippen molar-refractivity contribution in [2.45, 2.75) is 40.2 Å². The molecular formula is C19H31N3O. The first-order chi connectivity index (χ1) is 11.0. The fourth-order valence-corrected chi connectivity index (χ4v) is 3.00. The van der Waals surface area contributed by atoms with Crippen LogP contribution in [0.4, 0.5) is 4.79 Å². The van der Waals surface area contributed by atoms with Gasteiger partial charge in [-0.2, -0.15) is 0 Å². The van der Waals surface area contributed by atoms with Gasteiger partial charge in [0.25, 0.3) is 0 Å². The number of carbonyl (C=O) groups is 1. The maximum absolute atomic E-state index is 12.1. The van der Waals surface area contributed by atoms with Crippen LogP contribution in [0.2, 0.25) is 0 Å². The SMILES string of the molecule is Cc1cccc(CN2CCN(C(=O)NCCCC(C)C)CC2)c1. The molecule has 1 fully saturated rings. The molecule has 0 unspecified atom stereocenters. The molecule has 2 amide bonds. The second kappa shape index (κ2) is 8.92. The maximum atomic E-state index is 12.1. The predicted molar refractivity (Wildman–Crippen MR) is 95.5 cm³/mol. The van der Waals surface area contributed by atoms with Crippen LogP contribution in [0.3, 0.4) is 0 Å². The molecule has 0 spiro atoms. The van der Waals surface area contributed by atoms with E-state index < -0.39 is 0 Å². The third-order valence-corrected chi connectivity index (χ3v) is 4.38. The molecular weight excluding hydrogens is 286 g/mol. The second-order valence-corrected chi connectivity index (χ2v) is 7.02. The molecule has 23 heavy (non-hydrogen) atoms. The molecule has 0 atom stereocenters. The Morgan fingerprint density at radius 3 is 2.61 bits per heavy atom. The van der Waals surface area contributed by atoms with Gasteiger partial charge in [-0.15, -0.1) is 0 Å². The zero-order valence-corrected chi connectivity index (χ0v) is 14.8. The summed E-state index contributed by atoms with van der Waals surface area (Å²) in [4.78, 5) is 16.5. The van der Waals surface area contributed by atoms with E-state index in [1.54, 1.807) is 0 Å². The van der Waals surface area contributed by atoms with Crippen LogP contribution in [0, 0.1) is 12.8 Å². The summed E-state index contributed by atoms with van der Waals surface area (Å²) < 4.78 is 0. The Kier molecular flexibility index (Phi) is 6.90. The monoisotopic (exact) mass is 317 g/mol. The van der Waals surface area contributed by atoms with E-state index >= 15 is 0 Å². The largest absolute Gasteiger partial charge is 0.338 e. The van der Waals surface area contributed by atoms with Crippen molar-refractivity contribution in [2.75, 3.05) is 32.7 Å². The highest BCUT2D eigenvalue weighted by molar-refractivity contribution is 5.74. The lowest BCUT2D eigenvalue weighted by molar-refractivity contribution is 0.135. The number of rotatable bonds is 6. The Labute approximate surface area is 140 Å². The molecule has 0 aliphatic carbocycles. The van der Waals surface area contributed by atoms with Crippen molar-refractivity contribution in [3.63, 3.8) is 0 Å². The van der Waals surface area contributed by atoms with Crippen molar-refractivity contribution < 1.29 is 4.79 Å². The third-order valence-electron chi connectivity index (χ3n) is 4.38. The Bertz CT molecular complexity index is 493. The van der Waals surface area contributed by atoms with Crippen LogP contribution in [-0.2, 0) is 6.54 Å². The van der Waals surface area contributed by atoms with Crippen molar-refractivity contribution in [2.24, 2.45) is 5.92 Å². The lowest BCUT2D eigenvalue weighted by Gasteiger charge is -2.34. The number of hydrogen-bond donors (Lipinski definition) is 1. The molecule has 4 nitrogen and oxygen atoms in total.